The van der Waals surface area contributed by atoms with E-state index in [1.54, 1.807) is 64.0 Å². The summed E-state index contributed by atoms with van der Waals surface area (Å²) >= 11 is 0. The number of likely N-dealkylation sites (tertiary alicyclic amines) is 1. The van der Waals surface area contributed by atoms with Crippen LogP contribution in [0.25, 0.3) is 0 Å². The second kappa shape index (κ2) is 40.6. The van der Waals surface area contributed by atoms with Crippen LogP contribution in [0.5, 0.6) is 0 Å². The lowest BCUT2D eigenvalue weighted by atomic mass is 9.89. The Kier molecular flexibility index (Phi) is 38.3. The van der Waals surface area contributed by atoms with E-state index in [0.29, 0.717) is 19.6 Å². The number of carboxylic acids is 1. The van der Waals surface area contributed by atoms with Gasteiger partial charge in [-0.15, -0.1) is 12.4 Å². The Morgan fingerprint density at radius 1 is 0.646 bits per heavy atom. The second-order valence-electron chi connectivity index (χ2n) is 22.4. The number of ether oxygens (including phenoxy) is 7. The van der Waals surface area contributed by atoms with E-state index in [4.69, 9.17) is 38.3 Å². The van der Waals surface area contributed by atoms with E-state index in [0.717, 1.165) is 44.2 Å². The van der Waals surface area contributed by atoms with Crippen molar-refractivity contribution in [1.29, 1.82) is 0 Å². The van der Waals surface area contributed by atoms with Gasteiger partial charge >= 0.3 is 24.0 Å². The Balaban J connectivity index is 0.00000145. The predicted molar refractivity (Wildman–Crippen MR) is 319 cm³/mol. The maximum atomic E-state index is 13.9. The molecule has 0 aliphatic carbocycles. The molecule has 82 heavy (non-hydrogen) atoms. The van der Waals surface area contributed by atoms with E-state index in [2.05, 4.69) is 10.6 Å². The Morgan fingerprint density at radius 3 is 1.57 bits per heavy atom. The molecule has 0 saturated carbocycles. The minimum atomic E-state index is -0.909. The van der Waals surface area contributed by atoms with E-state index in [-0.39, 0.29) is 128 Å². The number of likely N-dealkylation sites (N-methyl/N-ethyl adjacent to an activating group) is 2. The molecule has 0 unspecified atom stereocenters. The van der Waals surface area contributed by atoms with E-state index >= 15 is 0 Å². The monoisotopic (exact) mass is 1190 g/mol. The smallest absolute Gasteiger partial charge is 0.408 e. The van der Waals surface area contributed by atoms with Crippen LogP contribution in [0.4, 0.5) is 4.79 Å². The summed E-state index contributed by atoms with van der Waals surface area (Å²) in [5, 5.41) is 15.2. The summed E-state index contributed by atoms with van der Waals surface area (Å²) in [7, 11) is 9.71. The van der Waals surface area contributed by atoms with Crippen molar-refractivity contribution in [2.75, 3.05) is 68.8 Å². The lowest BCUT2D eigenvalue weighted by molar-refractivity contribution is -0.156. The van der Waals surface area contributed by atoms with Crippen molar-refractivity contribution >= 4 is 54.1 Å². The maximum absolute atomic E-state index is 13.9. The Morgan fingerprint density at radius 2 is 1.15 bits per heavy atom. The normalized spacial score (nSPS) is 19.3. The van der Waals surface area contributed by atoms with Gasteiger partial charge in [0, 0.05) is 61.0 Å². The van der Waals surface area contributed by atoms with Gasteiger partial charge in [0.25, 0.3) is 0 Å². The number of esters is 2. The number of methoxy groups -OCH3 is 4. The minimum Gasteiger partial charge on any atom is -0.481 e. The fraction of sp³-hybridized carbons (Fsp3) is 0.787. The lowest BCUT2D eigenvalue weighted by Gasteiger charge is -2.40. The number of nitrogens with one attached hydrogen (secondary N) is 2. The van der Waals surface area contributed by atoms with Crippen LogP contribution < -0.4 is 10.6 Å². The summed E-state index contributed by atoms with van der Waals surface area (Å²) in [6.45, 7) is 27.3. The van der Waals surface area contributed by atoms with Gasteiger partial charge in [-0.05, 0) is 89.2 Å². The highest BCUT2D eigenvalue weighted by atomic mass is 35.5. The first-order valence-electron chi connectivity index (χ1n) is 29.5. The van der Waals surface area contributed by atoms with Gasteiger partial charge in [-0.2, -0.15) is 0 Å². The number of halogens is 1. The second-order valence-corrected chi connectivity index (χ2v) is 22.4. The molecule has 0 spiro atoms. The number of hydrogen-bond donors (Lipinski definition) is 3. The van der Waals surface area contributed by atoms with Crippen LogP contribution >= 0.6 is 12.4 Å². The van der Waals surface area contributed by atoms with E-state index in [1.807, 2.05) is 106 Å². The molecule has 2 fully saturated rings. The zero-order chi connectivity index (χ0) is 61.7. The highest BCUT2D eigenvalue weighted by Gasteiger charge is 2.44. The third-order valence-corrected chi connectivity index (χ3v) is 16.3. The van der Waals surface area contributed by atoms with Crippen LogP contribution in [-0.2, 0) is 68.5 Å². The summed E-state index contributed by atoms with van der Waals surface area (Å²) in [6, 6.07) is 7.81. The van der Waals surface area contributed by atoms with Crippen LogP contribution in [0, 0.1) is 41.4 Å². The molecule has 0 aromatic heterocycles. The number of hydrogen-bond acceptors (Lipinski definition) is 15. The summed E-state index contributed by atoms with van der Waals surface area (Å²) in [6.07, 6.45) is 2.90. The van der Waals surface area contributed by atoms with Crippen LogP contribution in [0.1, 0.15) is 147 Å². The molecule has 2 heterocycles. The third-order valence-electron chi connectivity index (χ3n) is 16.3. The van der Waals surface area contributed by atoms with E-state index in [9.17, 15) is 33.6 Å². The molecule has 2 saturated heterocycles. The average molecular weight is 1190 g/mol. The molecule has 0 bridgehead atoms. The molecule has 2 aliphatic rings. The van der Waals surface area contributed by atoms with Gasteiger partial charge in [0.1, 0.15) is 12.6 Å². The number of rotatable bonds is 31. The summed E-state index contributed by atoms with van der Waals surface area (Å²) < 4.78 is 38.1. The minimum absolute atomic E-state index is 0. The highest BCUT2D eigenvalue weighted by Crippen LogP contribution is 2.31. The molecule has 1 aromatic rings. The fourth-order valence-corrected chi connectivity index (χ4v) is 10.8. The Bertz CT molecular complexity index is 2010. The number of benzene rings is 1. The number of aliphatic carboxylic acids is 1. The highest BCUT2D eigenvalue weighted by molar-refractivity contribution is 5.86. The molecule has 21 heteroatoms. The van der Waals surface area contributed by atoms with Gasteiger partial charge in [-0.1, -0.05) is 105 Å². The van der Waals surface area contributed by atoms with Crippen LogP contribution in [0.2, 0.25) is 0 Å². The van der Waals surface area contributed by atoms with Gasteiger partial charge in [-0.25, -0.2) is 4.79 Å². The molecule has 474 valence electrons. The number of alkyl carbamates (subject to hydrolysis) is 1. The van der Waals surface area contributed by atoms with Crippen molar-refractivity contribution in [3.63, 3.8) is 0 Å². The first-order valence-corrected chi connectivity index (χ1v) is 29.5. The molecular formula is C61H108ClN5O15. The van der Waals surface area contributed by atoms with Crippen LogP contribution in [0.3, 0.4) is 0 Å². The SMILES string of the molecule is CCOC(=O)[C@H](C)[C@@H](OC)[C@@H]1CCCN1.CCOC(=O)[C@H](C)[C@@H](OC)[C@@H]1CCCN1C(=O)C[C@@H](OC)[C@H]([C@@H](C)CC)N(C)C(=O)[C@@H](NC(=O)OCc1ccccc1)C(C)C.CC[C@H](C)[C@@H]([C@@H](CC(=O)O)OC)N(C)C(=O)[C@@H](C)C(C)C.Cl. The van der Waals surface area contributed by atoms with E-state index < -0.39 is 48.4 Å². The summed E-state index contributed by atoms with van der Waals surface area (Å²) in [5.74, 6) is -2.45. The first kappa shape index (κ1) is 77.4. The number of carbonyl (C=O) groups is 7. The van der Waals surface area contributed by atoms with Crippen LogP contribution in [-0.4, -0.2) is 185 Å². The molecule has 4 amide bonds. The number of nitrogens with zero attached hydrogens (tertiary/aromatic N) is 3. The molecule has 3 rings (SSSR count). The van der Waals surface area contributed by atoms with E-state index in [1.165, 1.54) is 7.11 Å². The maximum Gasteiger partial charge on any atom is 0.408 e. The van der Waals surface area contributed by atoms with Gasteiger partial charge in [0.05, 0.1) is 80.4 Å². The van der Waals surface area contributed by atoms with Crippen molar-refractivity contribution in [2.45, 2.75) is 203 Å². The molecule has 3 N–H and O–H groups in total. The quantitative estimate of drug-likeness (QED) is 0.0467. The molecular weight excluding hydrogens is 1080 g/mol. The van der Waals surface area contributed by atoms with Gasteiger partial charge in [-0.3, -0.25) is 28.8 Å². The zero-order valence-corrected chi connectivity index (χ0v) is 54.0. The Labute approximate surface area is 498 Å². The summed E-state index contributed by atoms with van der Waals surface area (Å²) in [4.78, 5) is 93.3. The topological polar surface area (TPSA) is 238 Å². The largest absolute Gasteiger partial charge is 0.481 e. The predicted octanol–water partition coefficient (Wildman–Crippen LogP) is 8.44. The number of carbonyl (C=O) groups excluding carboxylic acids is 6. The van der Waals surface area contributed by atoms with Crippen molar-refractivity contribution in [2.24, 2.45) is 41.4 Å². The molecule has 0 radical (unpaired) electrons. The molecule has 1 aromatic carbocycles. The van der Waals surface area contributed by atoms with Crippen LogP contribution in [0.15, 0.2) is 30.3 Å². The van der Waals surface area contributed by atoms with Crippen molar-refractivity contribution in [1.82, 2.24) is 25.3 Å². The number of amides is 4. The van der Waals surface area contributed by atoms with Crippen molar-refractivity contribution in [3.8, 4) is 0 Å². The third kappa shape index (κ3) is 24.2. The average Bonchev–Trinajstić information content (AvgIpc) is 4.31. The molecule has 14 atom stereocenters. The molecule has 20 nitrogen and oxygen atoms in total. The number of carboxylic acid groups (broad SMARTS) is 1. The fourth-order valence-electron chi connectivity index (χ4n) is 10.8. The summed E-state index contributed by atoms with van der Waals surface area (Å²) in [5.41, 5.74) is 0.842. The van der Waals surface area contributed by atoms with Gasteiger partial charge < -0.3 is 63.6 Å². The molecule has 2 aliphatic heterocycles. The van der Waals surface area contributed by atoms with Crippen molar-refractivity contribution in [3.05, 3.63) is 35.9 Å². The van der Waals surface area contributed by atoms with Crippen molar-refractivity contribution < 1.29 is 71.8 Å². The van der Waals surface area contributed by atoms with Gasteiger partial charge in [0.2, 0.25) is 17.7 Å². The Hall–Kier alpha value is -4.60. The zero-order valence-electron chi connectivity index (χ0n) is 53.2. The van der Waals surface area contributed by atoms with Gasteiger partial charge in [0.15, 0.2) is 0 Å². The first-order chi connectivity index (χ1) is 38.3. The standard InChI is InChI=1S/C34H55N3O8.C16H31NO4.C11H21NO3.ClH/c1-10-23(5)30(36(7)32(39)29(22(3)4)35-34(41)45-21-25-16-13-12-14-17-25)27(42-8)20-28(38)37-19-15-18-26(37)31(43-9)24(6)33(40)44-11-2;1-8-11(4)15(13(21-7)9-14(18)19)17(6)16(20)12(5)10(2)3;1-4-15-11(13)8(2)10(14-3)9-6-5-7-12-9;/h12-14,16-17,22-24,26-27,29-31H,10-11,15,18-21H2,1-9H3,(H,35,41);10-13,15H,8-9H2,1-7H3,(H,18,19);8-10,12H,4-7H2,1-3H3;1H/t23-,24+,26-,27+,29-,30-,31+;11-,12-,13+,15-;8-,9+,10-;/m001./s1. The lowest BCUT2D eigenvalue weighted by Crippen LogP contribution is -2.57.